The smallest absolute Gasteiger partial charge is 0.324 e. The van der Waals surface area contributed by atoms with Crippen LogP contribution in [0.3, 0.4) is 0 Å². The van der Waals surface area contributed by atoms with E-state index in [2.05, 4.69) is 10.6 Å². The summed E-state index contributed by atoms with van der Waals surface area (Å²) in [5.74, 6) is 0. The molecule has 0 amide bonds. The second-order valence-electron chi connectivity index (χ2n) is 7.69. The summed E-state index contributed by atoms with van der Waals surface area (Å²) in [6.45, 7) is 3.21. The molecule has 0 atom stereocenters. The molecule has 0 aromatic carbocycles. The monoisotopic (exact) mass is 527 g/mol. The molecule has 0 saturated carbocycles. The molecular formula is C15H40N5O9P3. The lowest BCUT2D eigenvalue weighted by molar-refractivity contribution is 0.221. The summed E-state index contributed by atoms with van der Waals surface area (Å²) in [5.41, 5.74) is 0. The molecule has 0 aliphatic carbocycles. The van der Waals surface area contributed by atoms with Gasteiger partial charge in [0, 0.05) is 52.4 Å². The highest BCUT2D eigenvalue weighted by Gasteiger charge is 2.22. The Bertz CT molecular complexity index is 600. The third-order valence-electron chi connectivity index (χ3n) is 4.41. The summed E-state index contributed by atoms with van der Waals surface area (Å²) in [4.78, 5) is 60.4. The molecule has 32 heavy (non-hydrogen) atoms. The molecule has 194 valence electrons. The van der Waals surface area contributed by atoms with Crippen LogP contribution in [0, 0.1) is 0 Å². The molecule has 14 nitrogen and oxygen atoms in total. The van der Waals surface area contributed by atoms with Crippen LogP contribution in [0.15, 0.2) is 0 Å². The van der Waals surface area contributed by atoms with Crippen molar-refractivity contribution in [3.8, 4) is 0 Å². The zero-order valence-corrected chi connectivity index (χ0v) is 21.5. The lowest BCUT2D eigenvalue weighted by Crippen LogP contribution is -2.36. The minimum atomic E-state index is -4.32. The fourth-order valence-corrected chi connectivity index (χ4v) is 5.53. The highest BCUT2D eigenvalue weighted by molar-refractivity contribution is 7.52. The Morgan fingerprint density at radius 1 is 0.531 bits per heavy atom. The predicted molar refractivity (Wildman–Crippen MR) is 123 cm³/mol. The summed E-state index contributed by atoms with van der Waals surface area (Å²) in [7, 11) is -9.33. The average Bonchev–Trinajstić information content (AvgIpc) is 2.60. The highest BCUT2D eigenvalue weighted by atomic mass is 31.2. The van der Waals surface area contributed by atoms with Gasteiger partial charge in [0.25, 0.3) is 0 Å². The Morgan fingerprint density at radius 3 is 1.00 bits per heavy atom. The topological polar surface area (TPSA) is 206 Å². The van der Waals surface area contributed by atoms with Crippen LogP contribution in [0.2, 0.25) is 0 Å². The van der Waals surface area contributed by atoms with Crippen LogP contribution < -0.4 is 10.6 Å². The summed E-state index contributed by atoms with van der Waals surface area (Å²) in [5, 5.41) is 5.82. The van der Waals surface area contributed by atoms with Crippen LogP contribution in [-0.4, -0.2) is 129 Å². The van der Waals surface area contributed by atoms with Crippen LogP contribution in [0.4, 0.5) is 0 Å². The maximum Gasteiger partial charge on any atom is 0.339 e. The number of likely N-dealkylation sites (N-methyl/N-ethyl adjacent to an activating group) is 2. The molecule has 0 aliphatic heterocycles. The van der Waals surface area contributed by atoms with E-state index in [1.165, 1.54) is 0 Å². The average molecular weight is 527 g/mol. The fourth-order valence-electron chi connectivity index (χ4n) is 3.12. The van der Waals surface area contributed by atoms with E-state index in [9.17, 15) is 43.1 Å². The van der Waals surface area contributed by atoms with Gasteiger partial charge in [-0.3, -0.25) is 28.4 Å². The largest absolute Gasteiger partial charge is 0.339 e. The molecule has 0 radical (unpaired) electrons. The van der Waals surface area contributed by atoms with Gasteiger partial charge in [0.05, 0.1) is 0 Å². The lowest BCUT2D eigenvalue weighted by atomic mass is 10.3. The Morgan fingerprint density at radius 2 is 0.781 bits per heavy atom. The molecule has 0 saturated heterocycles. The van der Waals surface area contributed by atoms with E-state index in [4.69, 9.17) is 0 Å². The molecule has 0 aromatic heterocycles. The minimum absolute atomic E-state index is 0.303. The van der Waals surface area contributed by atoms with Gasteiger partial charge in [-0.25, -0.2) is 0 Å². The second kappa shape index (κ2) is 16.0. The second-order valence-corrected chi connectivity index (χ2v) is 12.5. The van der Waals surface area contributed by atoms with Gasteiger partial charge in [0.1, 0.15) is 18.9 Å². The molecule has 0 fully saturated rings. The van der Waals surface area contributed by atoms with E-state index < -0.39 is 41.6 Å². The van der Waals surface area contributed by atoms with Crippen LogP contribution in [0.5, 0.6) is 0 Å². The summed E-state index contributed by atoms with van der Waals surface area (Å²) in [6, 6.07) is 0. The quantitative estimate of drug-likeness (QED) is 0.0850. The molecule has 0 unspecified atom stereocenters. The van der Waals surface area contributed by atoms with Crippen molar-refractivity contribution in [1.82, 2.24) is 25.3 Å². The first kappa shape index (κ1) is 32.2. The van der Waals surface area contributed by atoms with Crippen molar-refractivity contribution in [3.63, 3.8) is 0 Å². The van der Waals surface area contributed by atoms with Crippen molar-refractivity contribution >= 4 is 22.8 Å². The minimum Gasteiger partial charge on any atom is -0.324 e. The SMILES string of the molecule is CNCCN(CCCN(CCCN(CCNC)CP(=O)(O)O)CP(=O)(O)O)CP(=O)(O)O. The van der Waals surface area contributed by atoms with Crippen LogP contribution in [0.25, 0.3) is 0 Å². The number of nitrogens with one attached hydrogen (secondary N) is 2. The van der Waals surface area contributed by atoms with Crippen LogP contribution >= 0.6 is 22.8 Å². The van der Waals surface area contributed by atoms with Crippen molar-refractivity contribution in [3.05, 3.63) is 0 Å². The zero-order chi connectivity index (χ0) is 24.8. The Kier molecular flexibility index (Phi) is 16.1. The normalized spacial score (nSPS) is 13.6. The van der Waals surface area contributed by atoms with E-state index in [0.29, 0.717) is 65.2 Å². The third kappa shape index (κ3) is 20.8. The van der Waals surface area contributed by atoms with Crippen LogP contribution in [-0.2, 0) is 13.7 Å². The van der Waals surface area contributed by atoms with Crippen LogP contribution in [0.1, 0.15) is 12.8 Å². The van der Waals surface area contributed by atoms with Gasteiger partial charge in [-0.15, -0.1) is 0 Å². The van der Waals surface area contributed by atoms with Crippen molar-refractivity contribution in [2.75, 3.05) is 85.3 Å². The molecular weight excluding hydrogens is 487 g/mol. The zero-order valence-electron chi connectivity index (χ0n) is 18.8. The third-order valence-corrected chi connectivity index (χ3v) is 6.71. The Hall–Kier alpha value is 0.250. The van der Waals surface area contributed by atoms with Gasteiger partial charge < -0.3 is 40.0 Å². The van der Waals surface area contributed by atoms with Gasteiger partial charge in [0.2, 0.25) is 0 Å². The summed E-state index contributed by atoms with van der Waals surface area (Å²) < 4.78 is 34.1. The molecule has 0 heterocycles. The van der Waals surface area contributed by atoms with E-state index in [-0.39, 0.29) is 0 Å². The first-order chi connectivity index (χ1) is 14.6. The molecule has 0 aromatic rings. The van der Waals surface area contributed by atoms with E-state index in [1.807, 2.05) is 0 Å². The predicted octanol–water partition coefficient (Wildman–Crippen LogP) is -1.48. The van der Waals surface area contributed by atoms with E-state index in [0.717, 1.165) is 0 Å². The van der Waals surface area contributed by atoms with E-state index in [1.54, 1.807) is 28.8 Å². The van der Waals surface area contributed by atoms with Gasteiger partial charge >= 0.3 is 22.8 Å². The first-order valence-corrected chi connectivity index (χ1v) is 15.6. The lowest BCUT2D eigenvalue weighted by Gasteiger charge is -2.27. The van der Waals surface area contributed by atoms with Crippen molar-refractivity contribution in [2.45, 2.75) is 12.8 Å². The van der Waals surface area contributed by atoms with Gasteiger partial charge in [0.15, 0.2) is 0 Å². The fraction of sp³-hybridized carbons (Fsp3) is 1.00. The van der Waals surface area contributed by atoms with Gasteiger partial charge in [-0.1, -0.05) is 0 Å². The molecule has 0 rings (SSSR count). The van der Waals surface area contributed by atoms with Gasteiger partial charge in [-0.2, -0.15) is 0 Å². The maximum atomic E-state index is 11.5. The number of hydrogen-bond acceptors (Lipinski definition) is 8. The maximum absolute atomic E-state index is 11.5. The standard InChI is InChI=1S/C15H40N5O9P3/c1-16-5-11-19(14-31(24,25)26)9-3-7-18(13-30(21,22)23)8-4-10-20(12-6-17-2)15-32(27,28)29/h16-17H,3-15H2,1-2H3,(H2,21,22,23)(H2,24,25,26)(H2,27,28,29). The van der Waals surface area contributed by atoms with E-state index >= 15 is 0 Å². The van der Waals surface area contributed by atoms with Crippen molar-refractivity contribution in [2.24, 2.45) is 0 Å². The first-order valence-electron chi connectivity index (χ1n) is 10.2. The highest BCUT2D eigenvalue weighted by Crippen LogP contribution is 2.37. The number of hydrogen-bond donors (Lipinski definition) is 8. The molecule has 0 spiro atoms. The number of rotatable bonds is 20. The molecule has 8 N–H and O–H groups in total. The van der Waals surface area contributed by atoms with Crippen molar-refractivity contribution in [1.29, 1.82) is 0 Å². The molecule has 0 bridgehead atoms. The molecule has 0 aliphatic rings. The Labute approximate surface area is 189 Å². The summed E-state index contributed by atoms with van der Waals surface area (Å²) in [6.07, 6.45) is -0.367. The number of nitrogens with zero attached hydrogens (tertiary/aromatic N) is 3. The molecule has 17 heteroatoms. The van der Waals surface area contributed by atoms with Gasteiger partial charge in [-0.05, 0) is 26.9 Å². The summed E-state index contributed by atoms with van der Waals surface area (Å²) >= 11 is 0. The Balaban J connectivity index is 4.82. The van der Waals surface area contributed by atoms with Crippen molar-refractivity contribution < 1.29 is 43.1 Å².